The molecular formula is C16H23N4O2+. The van der Waals surface area contributed by atoms with Crippen LogP contribution in [0, 0.1) is 0 Å². The normalized spacial score (nSPS) is 12.9. The van der Waals surface area contributed by atoms with Crippen LogP contribution < -0.4 is 10.2 Å². The molecule has 0 saturated carbocycles. The van der Waals surface area contributed by atoms with Crippen molar-refractivity contribution in [3.63, 3.8) is 0 Å². The third kappa shape index (κ3) is 4.41. The van der Waals surface area contributed by atoms with Crippen LogP contribution in [0.5, 0.6) is 0 Å². The first-order valence-corrected chi connectivity index (χ1v) is 7.17. The summed E-state index contributed by atoms with van der Waals surface area (Å²) in [5.41, 5.74) is 8.70. The fourth-order valence-electron chi connectivity index (χ4n) is 2.01. The predicted octanol–water partition coefficient (Wildman–Crippen LogP) is 1.22. The van der Waals surface area contributed by atoms with E-state index in [1.807, 2.05) is 24.3 Å². The second kappa shape index (κ2) is 6.72. The molecule has 0 aliphatic carbocycles. The Bertz CT molecular complexity index is 600. The van der Waals surface area contributed by atoms with Crippen molar-refractivity contribution in [2.45, 2.75) is 19.1 Å². The van der Waals surface area contributed by atoms with E-state index in [1.165, 1.54) is 5.69 Å². The maximum Gasteiger partial charge on any atom is 0.323 e. The fourth-order valence-corrected chi connectivity index (χ4v) is 2.01. The highest BCUT2D eigenvalue weighted by molar-refractivity contribution is 5.75. The van der Waals surface area contributed by atoms with Gasteiger partial charge in [0.15, 0.2) is 0 Å². The van der Waals surface area contributed by atoms with Crippen molar-refractivity contribution in [2.75, 3.05) is 21.1 Å². The van der Waals surface area contributed by atoms with E-state index in [0.717, 1.165) is 15.7 Å². The van der Waals surface area contributed by atoms with Gasteiger partial charge in [-0.25, -0.2) is 4.98 Å². The first-order valence-electron chi connectivity index (χ1n) is 7.17. The molecule has 0 radical (unpaired) electrons. The number of imidazole rings is 1. The Morgan fingerprint density at radius 1 is 1.32 bits per heavy atom. The quantitative estimate of drug-likeness (QED) is 0.621. The van der Waals surface area contributed by atoms with E-state index in [1.54, 1.807) is 12.5 Å². The maximum atomic E-state index is 11.9. The molecule has 22 heavy (non-hydrogen) atoms. The first kappa shape index (κ1) is 16.2. The van der Waals surface area contributed by atoms with E-state index >= 15 is 0 Å². The van der Waals surface area contributed by atoms with E-state index in [0.29, 0.717) is 6.42 Å². The van der Waals surface area contributed by atoms with Gasteiger partial charge in [0, 0.05) is 12.6 Å². The molecule has 0 saturated heterocycles. The van der Waals surface area contributed by atoms with Crippen molar-refractivity contribution in [3.05, 3.63) is 48.0 Å². The maximum absolute atomic E-state index is 11.9. The van der Waals surface area contributed by atoms with Crippen LogP contribution in [0.3, 0.4) is 0 Å². The molecular weight excluding hydrogens is 280 g/mol. The fraction of sp³-hybridized carbons (Fsp3) is 0.375. The lowest BCUT2D eigenvalue weighted by atomic mass is 10.2. The molecule has 1 heterocycles. The summed E-state index contributed by atoms with van der Waals surface area (Å²) in [6.07, 6.45) is 3.64. The summed E-state index contributed by atoms with van der Waals surface area (Å²) in [4.78, 5) is 18.8. The molecule has 0 spiro atoms. The average Bonchev–Trinajstić information content (AvgIpc) is 2.97. The molecule has 0 fully saturated rings. The summed E-state index contributed by atoms with van der Waals surface area (Å²) in [5, 5.41) is 0. The van der Waals surface area contributed by atoms with Crippen LogP contribution in [-0.2, 0) is 22.6 Å². The molecule has 6 heteroatoms. The predicted molar refractivity (Wildman–Crippen MR) is 86.1 cm³/mol. The highest BCUT2D eigenvalue weighted by Crippen LogP contribution is 2.17. The van der Waals surface area contributed by atoms with Crippen LogP contribution in [-0.4, -0.2) is 43.1 Å². The number of H-pyrrole nitrogens is 1. The van der Waals surface area contributed by atoms with Crippen molar-refractivity contribution < 1.29 is 9.53 Å². The lowest BCUT2D eigenvalue weighted by Crippen LogP contribution is -2.35. The first-order chi connectivity index (χ1) is 10.4. The number of rotatable bonds is 6. The van der Waals surface area contributed by atoms with E-state index in [4.69, 9.17) is 10.5 Å². The van der Waals surface area contributed by atoms with Crippen LogP contribution in [0.4, 0.5) is 5.69 Å². The molecule has 3 N–H and O–H groups in total. The van der Waals surface area contributed by atoms with E-state index in [2.05, 4.69) is 31.1 Å². The number of quaternary nitrogens is 1. The Labute approximate surface area is 130 Å². The number of nitrogens with two attached hydrogens (primary N) is 1. The van der Waals surface area contributed by atoms with Gasteiger partial charge in [0.1, 0.15) is 18.3 Å². The van der Waals surface area contributed by atoms with Crippen LogP contribution in [0.1, 0.15) is 11.3 Å². The number of nitrogens with one attached hydrogen (secondary N) is 1. The van der Waals surface area contributed by atoms with Crippen LogP contribution in [0.25, 0.3) is 0 Å². The number of esters is 1. The number of carbonyl (C=O) groups excluding carboxylic acids is 1. The summed E-state index contributed by atoms with van der Waals surface area (Å²) in [6.45, 7) is 0.227. The van der Waals surface area contributed by atoms with Gasteiger partial charge in [0.2, 0.25) is 0 Å². The number of benzene rings is 1. The number of aromatic amines is 1. The van der Waals surface area contributed by atoms with Gasteiger partial charge in [-0.1, -0.05) is 0 Å². The van der Waals surface area contributed by atoms with Crippen molar-refractivity contribution in [1.29, 1.82) is 0 Å². The summed E-state index contributed by atoms with van der Waals surface area (Å²) in [5.74, 6) is -0.418. The van der Waals surface area contributed by atoms with Crippen molar-refractivity contribution in [3.8, 4) is 0 Å². The van der Waals surface area contributed by atoms with E-state index in [9.17, 15) is 4.79 Å². The second-order valence-electron chi connectivity index (χ2n) is 6.16. The third-order valence-electron chi connectivity index (χ3n) is 3.38. The van der Waals surface area contributed by atoms with Crippen LogP contribution in [0.15, 0.2) is 36.8 Å². The molecule has 1 aromatic heterocycles. The molecule has 0 bridgehead atoms. The van der Waals surface area contributed by atoms with Crippen LogP contribution >= 0.6 is 0 Å². The lowest BCUT2D eigenvalue weighted by Gasteiger charge is -2.23. The monoisotopic (exact) mass is 303 g/mol. The molecule has 1 unspecified atom stereocenters. The average molecular weight is 303 g/mol. The van der Waals surface area contributed by atoms with E-state index in [-0.39, 0.29) is 6.61 Å². The van der Waals surface area contributed by atoms with Crippen LogP contribution in [0.2, 0.25) is 0 Å². The van der Waals surface area contributed by atoms with Crippen molar-refractivity contribution in [1.82, 2.24) is 14.5 Å². The van der Waals surface area contributed by atoms with Gasteiger partial charge in [-0.05, 0) is 29.8 Å². The van der Waals surface area contributed by atoms with Crippen molar-refractivity contribution >= 4 is 11.7 Å². The zero-order valence-electron chi connectivity index (χ0n) is 13.2. The third-order valence-corrected chi connectivity index (χ3v) is 3.38. The molecule has 6 nitrogen and oxygen atoms in total. The van der Waals surface area contributed by atoms with Gasteiger partial charge in [-0.3, -0.25) is 9.28 Å². The van der Waals surface area contributed by atoms with Gasteiger partial charge >= 0.3 is 5.97 Å². The summed E-state index contributed by atoms with van der Waals surface area (Å²) >= 11 is 0. The summed E-state index contributed by atoms with van der Waals surface area (Å²) in [6, 6.07) is 7.30. The molecule has 1 aromatic carbocycles. The van der Waals surface area contributed by atoms with Gasteiger partial charge < -0.3 is 15.5 Å². The zero-order chi connectivity index (χ0) is 16.2. The molecule has 1 atom stereocenters. The number of hydrogen-bond acceptors (Lipinski definition) is 4. The van der Waals surface area contributed by atoms with Gasteiger partial charge in [0.05, 0.1) is 33.2 Å². The Kier molecular flexibility index (Phi) is 4.95. The minimum Gasteiger partial charge on any atom is -0.460 e. The second-order valence-corrected chi connectivity index (χ2v) is 6.16. The molecule has 118 valence electrons. The lowest BCUT2D eigenvalue weighted by molar-refractivity contribution is -0.146. The number of hydrogen-bond donors (Lipinski definition) is 2. The Morgan fingerprint density at radius 2 is 2.00 bits per heavy atom. The largest absolute Gasteiger partial charge is 0.460 e. The molecule has 2 aromatic rings. The standard InChI is InChI=1S/C16H23N4O2/c1-20(2,3)14-6-4-12(5-7-14)10-22-16(21)15(17)8-13-9-18-11-19-13/h4-7,9,11,15H,8,10,17H2,1-3H3,(H,18,19)/q+1. The molecule has 2 rings (SSSR count). The summed E-state index contributed by atoms with van der Waals surface area (Å²) < 4.78 is 6.00. The SMILES string of the molecule is C[N+](C)(C)c1ccc(COC(=O)C(N)Cc2c[nH]cn2)cc1. The smallest absolute Gasteiger partial charge is 0.323 e. The molecule has 0 aliphatic rings. The van der Waals surface area contributed by atoms with Gasteiger partial charge in [-0.15, -0.1) is 0 Å². The van der Waals surface area contributed by atoms with Crippen molar-refractivity contribution in [2.24, 2.45) is 5.73 Å². The van der Waals surface area contributed by atoms with E-state index < -0.39 is 12.0 Å². The van der Waals surface area contributed by atoms with Gasteiger partial charge in [-0.2, -0.15) is 0 Å². The topological polar surface area (TPSA) is 81.0 Å². The number of aromatic nitrogens is 2. The van der Waals surface area contributed by atoms with Gasteiger partial charge in [0.25, 0.3) is 0 Å². The summed E-state index contributed by atoms with van der Waals surface area (Å²) in [7, 11) is 6.30. The highest BCUT2D eigenvalue weighted by Gasteiger charge is 2.17. The highest BCUT2D eigenvalue weighted by atomic mass is 16.5. The molecule has 0 amide bonds. The number of carbonyl (C=O) groups is 1. The Balaban J connectivity index is 1.85. The number of ether oxygens (including phenoxy) is 1. The zero-order valence-corrected chi connectivity index (χ0v) is 13.2. The Morgan fingerprint density at radius 3 is 2.55 bits per heavy atom. The minimum absolute atomic E-state index is 0.227. The minimum atomic E-state index is -0.700. The Hall–Kier alpha value is -2.18. The molecule has 0 aliphatic heterocycles. The number of nitrogens with zero attached hydrogens (tertiary/aromatic N) is 2.